The number of carbonyl (C=O) groups is 4. The fraction of sp³-hybridized carbons (Fsp3) is 0.444. The van der Waals surface area contributed by atoms with Crippen LogP contribution in [0.15, 0.2) is 30.3 Å². The molecule has 7 heteroatoms. The number of rotatable bonds is 6. The number of aldehydes is 1. The van der Waals surface area contributed by atoms with Crippen LogP contribution in [0.5, 0.6) is 0 Å². The molecule has 0 N–H and O–H groups in total. The lowest BCUT2D eigenvalue weighted by molar-refractivity contribution is -0.175. The van der Waals surface area contributed by atoms with Crippen molar-refractivity contribution in [3.8, 4) is 0 Å². The number of carbonyl (C=O) groups excluding carboxylic acids is 4. The molecule has 2 rings (SSSR count). The zero-order valence-electron chi connectivity index (χ0n) is 14.2. The summed E-state index contributed by atoms with van der Waals surface area (Å²) >= 11 is 0. The van der Waals surface area contributed by atoms with Crippen LogP contribution in [-0.4, -0.2) is 47.8 Å². The fourth-order valence-corrected chi connectivity index (χ4v) is 3.01. The normalized spacial score (nSPS) is 19.0. The van der Waals surface area contributed by atoms with Gasteiger partial charge in [-0.2, -0.15) is 0 Å². The van der Waals surface area contributed by atoms with Crippen LogP contribution in [-0.2, 0) is 28.7 Å². The minimum atomic E-state index is -1.48. The van der Waals surface area contributed by atoms with Crippen molar-refractivity contribution in [2.45, 2.75) is 44.9 Å². The maximum atomic E-state index is 12.9. The van der Waals surface area contributed by atoms with Crippen LogP contribution in [0.2, 0.25) is 0 Å². The Morgan fingerprint density at radius 2 is 1.76 bits per heavy atom. The highest BCUT2D eigenvalue weighted by atomic mass is 16.6. The summed E-state index contributed by atoms with van der Waals surface area (Å²) in [4.78, 5) is 48.4. The van der Waals surface area contributed by atoms with E-state index in [2.05, 4.69) is 0 Å². The second kappa shape index (κ2) is 8.41. The molecule has 0 spiro atoms. The summed E-state index contributed by atoms with van der Waals surface area (Å²) in [7, 11) is 0. The van der Waals surface area contributed by atoms with Crippen LogP contribution in [0, 0.1) is 0 Å². The lowest BCUT2D eigenvalue weighted by Gasteiger charge is -2.30. The van der Waals surface area contributed by atoms with E-state index in [0.29, 0.717) is 12.8 Å². The molecule has 3 unspecified atom stereocenters. The molecule has 1 aliphatic heterocycles. The van der Waals surface area contributed by atoms with E-state index in [9.17, 15) is 19.2 Å². The third kappa shape index (κ3) is 4.65. The SMILES string of the molecule is CC(=O)OC(C=O)C(OC(C)=O)C(=O)N1CCCC1c1ccccc1. The molecule has 0 aliphatic carbocycles. The average molecular weight is 347 g/mol. The molecule has 0 radical (unpaired) electrons. The first-order chi connectivity index (χ1) is 11.9. The van der Waals surface area contributed by atoms with Crippen molar-refractivity contribution in [2.24, 2.45) is 0 Å². The highest BCUT2D eigenvalue weighted by Crippen LogP contribution is 2.32. The van der Waals surface area contributed by atoms with Gasteiger partial charge in [-0.05, 0) is 18.4 Å². The zero-order chi connectivity index (χ0) is 18.4. The van der Waals surface area contributed by atoms with Crippen LogP contribution in [0.1, 0.15) is 38.3 Å². The summed E-state index contributed by atoms with van der Waals surface area (Å²) in [6.45, 7) is 2.73. The van der Waals surface area contributed by atoms with Crippen LogP contribution in [0.4, 0.5) is 0 Å². The van der Waals surface area contributed by atoms with Crippen molar-refractivity contribution in [2.75, 3.05) is 6.54 Å². The maximum Gasteiger partial charge on any atom is 0.303 e. The molecule has 1 heterocycles. The molecule has 134 valence electrons. The summed E-state index contributed by atoms with van der Waals surface area (Å²) in [5.41, 5.74) is 0.963. The van der Waals surface area contributed by atoms with E-state index in [1.807, 2.05) is 30.3 Å². The molecular weight excluding hydrogens is 326 g/mol. The predicted octanol–water partition coefficient (Wildman–Crippen LogP) is 1.41. The van der Waals surface area contributed by atoms with Gasteiger partial charge in [0.2, 0.25) is 12.2 Å². The van der Waals surface area contributed by atoms with E-state index in [-0.39, 0.29) is 6.04 Å². The van der Waals surface area contributed by atoms with Crippen LogP contribution < -0.4 is 0 Å². The Morgan fingerprint density at radius 3 is 2.32 bits per heavy atom. The minimum absolute atomic E-state index is 0.170. The third-order valence-corrected chi connectivity index (χ3v) is 3.99. The molecule has 1 amide bonds. The number of esters is 2. The lowest BCUT2D eigenvalue weighted by Crippen LogP contribution is -2.48. The number of hydrogen-bond donors (Lipinski definition) is 0. The van der Waals surface area contributed by atoms with Crippen molar-refractivity contribution in [1.29, 1.82) is 0 Å². The Labute approximate surface area is 145 Å². The van der Waals surface area contributed by atoms with Gasteiger partial charge in [0, 0.05) is 20.4 Å². The molecule has 1 aromatic carbocycles. The van der Waals surface area contributed by atoms with Gasteiger partial charge in [0.25, 0.3) is 5.91 Å². The van der Waals surface area contributed by atoms with E-state index in [4.69, 9.17) is 9.47 Å². The topological polar surface area (TPSA) is 90.0 Å². The highest BCUT2D eigenvalue weighted by Gasteiger charge is 2.40. The quantitative estimate of drug-likeness (QED) is 0.571. The first kappa shape index (κ1) is 18.6. The zero-order valence-corrected chi connectivity index (χ0v) is 14.2. The summed E-state index contributed by atoms with van der Waals surface area (Å²) < 4.78 is 9.88. The first-order valence-corrected chi connectivity index (χ1v) is 8.09. The number of nitrogens with zero attached hydrogens (tertiary/aromatic N) is 1. The molecule has 0 aromatic heterocycles. The molecule has 25 heavy (non-hydrogen) atoms. The molecule has 1 aromatic rings. The van der Waals surface area contributed by atoms with Crippen molar-refractivity contribution in [1.82, 2.24) is 4.90 Å². The van der Waals surface area contributed by atoms with E-state index >= 15 is 0 Å². The number of benzene rings is 1. The standard InChI is InChI=1S/C18H21NO6/c1-12(21)24-16(11-20)17(25-13(2)22)18(23)19-10-6-9-15(19)14-7-4-3-5-8-14/h3-5,7-8,11,15-17H,6,9-10H2,1-2H3. The van der Waals surface area contributed by atoms with Gasteiger partial charge in [-0.1, -0.05) is 30.3 Å². The summed E-state index contributed by atoms with van der Waals surface area (Å²) in [6, 6.07) is 9.31. The Balaban J connectivity index is 2.26. The predicted molar refractivity (Wildman–Crippen MR) is 87.3 cm³/mol. The van der Waals surface area contributed by atoms with E-state index in [0.717, 1.165) is 32.3 Å². The van der Waals surface area contributed by atoms with Gasteiger partial charge in [0.05, 0.1) is 6.04 Å². The third-order valence-electron chi connectivity index (χ3n) is 3.99. The van der Waals surface area contributed by atoms with Crippen molar-refractivity contribution >= 4 is 24.1 Å². The maximum absolute atomic E-state index is 12.9. The second-order valence-electron chi connectivity index (χ2n) is 5.84. The van der Waals surface area contributed by atoms with Crippen LogP contribution in [0.3, 0.4) is 0 Å². The fourth-order valence-electron chi connectivity index (χ4n) is 3.01. The van der Waals surface area contributed by atoms with E-state index in [1.165, 1.54) is 0 Å². The summed E-state index contributed by atoms with van der Waals surface area (Å²) in [5, 5.41) is 0. The Hall–Kier alpha value is -2.70. The van der Waals surface area contributed by atoms with Gasteiger partial charge in [-0.3, -0.25) is 19.2 Å². The monoisotopic (exact) mass is 347 g/mol. The van der Waals surface area contributed by atoms with Crippen LogP contribution in [0.25, 0.3) is 0 Å². The Kier molecular flexibility index (Phi) is 6.27. The van der Waals surface area contributed by atoms with Gasteiger partial charge in [-0.25, -0.2) is 0 Å². The largest absolute Gasteiger partial charge is 0.450 e. The molecule has 7 nitrogen and oxygen atoms in total. The molecule has 1 fully saturated rings. The van der Waals surface area contributed by atoms with Gasteiger partial charge in [-0.15, -0.1) is 0 Å². The number of amides is 1. The smallest absolute Gasteiger partial charge is 0.303 e. The Bertz CT molecular complexity index is 644. The lowest BCUT2D eigenvalue weighted by atomic mass is 10.0. The highest BCUT2D eigenvalue weighted by molar-refractivity contribution is 5.88. The molecule has 1 aliphatic rings. The molecule has 1 saturated heterocycles. The number of hydrogen-bond acceptors (Lipinski definition) is 6. The number of ether oxygens (including phenoxy) is 2. The van der Waals surface area contributed by atoms with E-state index < -0.39 is 30.1 Å². The van der Waals surface area contributed by atoms with Crippen LogP contribution >= 0.6 is 0 Å². The van der Waals surface area contributed by atoms with Crippen molar-refractivity contribution < 1.29 is 28.7 Å². The van der Waals surface area contributed by atoms with Crippen molar-refractivity contribution in [3.05, 3.63) is 35.9 Å². The van der Waals surface area contributed by atoms with Gasteiger partial charge in [0.15, 0.2) is 6.29 Å². The molecule has 0 saturated carbocycles. The van der Waals surface area contributed by atoms with Gasteiger partial charge in [0.1, 0.15) is 0 Å². The molecule has 0 bridgehead atoms. The first-order valence-electron chi connectivity index (χ1n) is 8.09. The summed E-state index contributed by atoms with van der Waals surface area (Å²) in [5.74, 6) is -2.00. The van der Waals surface area contributed by atoms with Gasteiger partial charge < -0.3 is 14.4 Å². The molecule has 3 atom stereocenters. The minimum Gasteiger partial charge on any atom is -0.450 e. The average Bonchev–Trinajstić information content (AvgIpc) is 3.07. The Morgan fingerprint density at radius 1 is 1.12 bits per heavy atom. The second-order valence-corrected chi connectivity index (χ2v) is 5.84. The molecular formula is C18H21NO6. The number of likely N-dealkylation sites (tertiary alicyclic amines) is 1. The van der Waals surface area contributed by atoms with E-state index in [1.54, 1.807) is 4.90 Å². The van der Waals surface area contributed by atoms with Crippen molar-refractivity contribution in [3.63, 3.8) is 0 Å². The summed E-state index contributed by atoms with van der Waals surface area (Å²) in [6.07, 6.45) is -1.09. The van der Waals surface area contributed by atoms with Gasteiger partial charge >= 0.3 is 11.9 Å².